The van der Waals surface area contributed by atoms with Crippen LogP contribution in [0.5, 0.6) is 0 Å². The number of hydrogen-bond donors (Lipinski definition) is 2. The molecule has 1 spiro atoms. The zero-order chi connectivity index (χ0) is 11.6. The number of carbonyl (C=O) groups is 1. The first-order valence-electron chi connectivity index (χ1n) is 5.88. The molecule has 3 unspecified atom stereocenters. The van der Waals surface area contributed by atoms with Crippen molar-refractivity contribution < 1.29 is 9.53 Å². The highest BCUT2D eigenvalue weighted by molar-refractivity contribution is 7.99. The smallest absolute Gasteiger partial charge is 0.234 e. The quantitative estimate of drug-likeness (QED) is 0.759. The van der Waals surface area contributed by atoms with Gasteiger partial charge in [-0.3, -0.25) is 4.79 Å². The lowest BCUT2D eigenvalue weighted by molar-refractivity contribution is -0.120. The van der Waals surface area contributed by atoms with Gasteiger partial charge in [0.25, 0.3) is 0 Å². The molecule has 0 aliphatic carbocycles. The van der Waals surface area contributed by atoms with E-state index in [0.717, 1.165) is 31.6 Å². The number of hydrogen-bond acceptors (Lipinski definition) is 4. The summed E-state index contributed by atoms with van der Waals surface area (Å²) in [5.41, 5.74) is 5.33. The Morgan fingerprint density at radius 3 is 3.12 bits per heavy atom. The molecule has 3 atom stereocenters. The molecule has 2 saturated heterocycles. The Morgan fingerprint density at radius 1 is 1.69 bits per heavy atom. The third kappa shape index (κ3) is 2.70. The Morgan fingerprint density at radius 2 is 2.50 bits per heavy atom. The van der Waals surface area contributed by atoms with Crippen molar-refractivity contribution in [1.82, 2.24) is 5.32 Å². The molecule has 0 aromatic heterocycles. The fraction of sp³-hybridized carbons (Fsp3) is 0.909. The van der Waals surface area contributed by atoms with Gasteiger partial charge in [0, 0.05) is 18.4 Å². The molecule has 2 aliphatic rings. The van der Waals surface area contributed by atoms with Crippen LogP contribution in [0.2, 0.25) is 0 Å². The molecule has 2 aliphatic heterocycles. The number of nitrogens with two attached hydrogens (primary N) is 1. The Hall–Kier alpha value is -0.260. The molecule has 4 nitrogen and oxygen atoms in total. The second-order valence-electron chi connectivity index (χ2n) is 4.81. The van der Waals surface area contributed by atoms with Gasteiger partial charge in [0.05, 0.1) is 11.6 Å². The van der Waals surface area contributed by atoms with E-state index >= 15 is 0 Å². The van der Waals surface area contributed by atoms with E-state index in [1.54, 1.807) is 0 Å². The number of amides is 1. The first kappa shape index (κ1) is 12.2. The molecule has 5 heteroatoms. The summed E-state index contributed by atoms with van der Waals surface area (Å²) in [5, 5.41) is 3.31. The van der Waals surface area contributed by atoms with E-state index in [2.05, 4.69) is 5.32 Å². The molecular weight excluding hydrogens is 224 g/mol. The summed E-state index contributed by atoms with van der Waals surface area (Å²) in [5.74, 6) is 2.01. The van der Waals surface area contributed by atoms with Gasteiger partial charge in [0.1, 0.15) is 0 Å². The van der Waals surface area contributed by atoms with Crippen molar-refractivity contribution in [3.8, 4) is 0 Å². The van der Waals surface area contributed by atoms with Crippen LogP contribution in [0.4, 0.5) is 0 Å². The minimum absolute atomic E-state index is 0.0674. The van der Waals surface area contributed by atoms with Crippen molar-refractivity contribution in [1.29, 1.82) is 0 Å². The van der Waals surface area contributed by atoms with Gasteiger partial charge in [0.15, 0.2) is 0 Å². The van der Waals surface area contributed by atoms with Gasteiger partial charge in [-0.2, -0.15) is 11.8 Å². The summed E-state index contributed by atoms with van der Waals surface area (Å²) >= 11 is 1.96. The Balaban J connectivity index is 1.89. The maximum atomic E-state index is 11.0. The standard InChI is InChI=1S/C11H20N2O2S/c1-8(10(12)14)13-9-2-4-15-11(6-9)3-5-16-7-11/h8-9,13H,2-7H2,1H3,(H2,12,14). The lowest BCUT2D eigenvalue weighted by Gasteiger charge is -2.38. The molecule has 0 saturated carbocycles. The number of rotatable bonds is 3. The number of primary amides is 1. The number of thioether (sulfide) groups is 1. The molecule has 0 bridgehead atoms. The van der Waals surface area contributed by atoms with Crippen molar-refractivity contribution in [2.75, 3.05) is 18.1 Å². The average Bonchev–Trinajstić information content (AvgIpc) is 2.66. The molecule has 0 aromatic rings. The van der Waals surface area contributed by atoms with Crippen molar-refractivity contribution in [3.63, 3.8) is 0 Å². The normalized spacial score (nSPS) is 36.4. The maximum absolute atomic E-state index is 11.0. The van der Waals surface area contributed by atoms with Crippen molar-refractivity contribution >= 4 is 17.7 Å². The van der Waals surface area contributed by atoms with Crippen LogP contribution in [0.15, 0.2) is 0 Å². The molecule has 2 heterocycles. The topological polar surface area (TPSA) is 64.3 Å². The zero-order valence-electron chi connectivity index (χ0n) is 9.70. The third-order valence-corrected chi connectivity index (χ3v) is 4.70. The van der Waals surface area contributed by atoms with Crippen LogP contribution in [0.25, 0.3) is 0 Å². The van der Waals surface area contributed by atoms with Crippen LogP contribution < -0.4 is 11.1 Å². The molecular formula is C11H20N2O2S. The molecule has 0 radical (unpaired) electrons. The van der Waals surface area contributed by atoms with E-state index in [1.807, 2.05) is 18.7 Å². The van der Waals surface area contributed by atoms with Crippen LogP contribution in [0.3, 0.4) is 0 Å². The maximum Gasteiger partial charge on any atom is 0.234 e. The van der Waals surface area contributed by atoms with Gasteiger partial charge < -0.3 is 15.8 Å². The Labute approximate surface area is 101 Å². The number of nitrogens with one attached hydrogen (secondary N) is 1. The van der Waals surface area contributed by atoms with Crippen molar-refractivity contribution in [2.45, 2.75) is 43.9 Å². The highest BCUT2D eigenvalue weighted by atomic mass is 32.2. The second-order valence-corrected chi connectivity index (χ2v) is 5.92. The largest absolute Gasteiger partial charge is 0.374 e. The van der Waals surface area contributed by atoms with Gasteiger partial charge in [-0.15, -0.1) is 0 Å². The lowest BCUT2D eigenvalue weighted by atomic mass is 9.89. The summed E-state index contributed by atoms with van der Waals surface area (Å²) in [6.45, 7) is 2.62. The number of ether oxygens (including phenoxy) is 1. The van der Waals surface area contributed by atoms with E-state index < -0.39 is 0 Å². The SMILES string of the molecule is CC(NC1CCOC2(CCSC2)C1)C(N)=O. The minimum Gasteiger partial charge on any atom is -0.374 e. The minimum atomic E-state index is -0.277. The van der Waals surface area contributed by atoms with Crippen molar-refractivity contribution in [3.05, 3.63) is 0 Å². The van der Waals surface area contributed by atoms with Gasteiger partial charge >= 0.3 is 0 Å². The Bertz CT molecular complexity index is 267. The van der Waals surface area contributed by atoms with E-state index in [4.69, 9.17) is 10.5 Å². The highest BCUT2D eigenvalue weighted by Crippen LogP contribution is 2.38. The van der Waals surface area contributed by atoms with Gasteiger partial charge in [-0.25, -0.2) is 0 Å². The molecule has 2 fully saturated rings. The van der Waals surface area contributed by atoms with Crippen molar-refractivity contribution in [2.24, 2.45) is 5.73 Å². The van der Waals surface area contributed by atoms with Gasteiger partial charge in [-0.1, -0.05) is 0 Å². The fourth-order valence-electron chi connectivity index (χ4n) is 2.47. The zero-order valence-corrected chi connectivity index (χ0v) is 10.5. The summed E-state index contributed by atoms with van der Waals surface area (Å²) in [6.07, 6.45) is 3.13. The predicted molar refractivity (Wildman–Crippen MR) is 65.4 cm³/mol. The lowest BCUT2D eigenvalue weighted by Crippen LogP contribution is -2.52. The summed E-state index contributed by atoms with van der Waals surface area (Å²) < 4.78 is 5.92. The molecule has 0 aromatic carbocycles. The van der Waals surface area contributed by atoms with Crippen LogP contribution in [-0.4, -0.2) is 41.7 Å². The van der Waals surface area contributed by atoms with Crippen LogP contribution in [-0.2, 0) is 9.53 Å². The first-order valence-corrected chi connectivity index (χ1v) is 7.04. The second kappa shape index (κ2) is 4.94. The summed E-state index contributed by atoms with van der Waals surface area (Å²) in [7, 11) is 0. The summed E-state index contributed by atoms with van der Waals surface area (Å²) in [6, 6.07) is 0.129. The van der Waals surface area contributed by atoms with Crippen LogP contribution in [0, 0.1) is 0 Å². The van der Waals surface area contributed by atoms with E-state index in [9.17, 15) is 4.79 Å². The monoisotopic (exact) mass is 244 g/mol. The molecule has 2 rings (SSSR count). The molecule has 1 amide bonds. The third-order valence-electron chi connectivity index (χ3n) is 3.47. The average molecular weight is 244 g/mol. The van der Waals surface area contributed by atoms with Gasteiger partial charge in [0.2, 0.25) is 5.91 Å². The van der Waals surface area contributed by atoms with E-state index in [1.165, 1.54) is 5.75 Å². The highest BCUT2D eigenvalue weighted by Gasteiger charge is 2.40. The van der Waals surface area contributed by atoms with Crippen LogP contribution in [0.1, 0.15) is 26.2 Å². The molecule has 16 heavy (non-hydrogen) atoms. The van der Waals surface area contributed by atoms with Gasteiger partial charge in [-0.05, 0) is 31.9 Å². The molecule has 92 valence electrons. The van der Waals surface area contributed by atoms with E-state index in [-0.39, 0.29) is 17.6 Å². The fourth-order valence-corrected chi connectivity index (χ4v) is 3.85. The molecule has 3 N–H and O–H groups in total. The number of carbonyl (C=O) groups excluding carboxylic acids is 1. The first-order chi connectivity index (χ1) is 7.61. The Kier molecular flexibility index (Phi) is 3.77. The summed E-state index contributed by atoms with van der Waals surface area (Å²) in [4.78, 5) is 11.0. The van der Waals surface area contributed by atoms with E-state index in [0.29, 0.717) is 6.04 Å². The predicted octanol–water partition coefficient (Wildman–Crippen LogP) is 0.505. The van der Waals surface area contributed by atoms with Crippen LogP contribution >= 0.6 is 11.8 Å².